The van der Waals surface area contributed by atoms with Crippen molar-refractivity contribution in [3.05, 3.63) is 36.2 Å². The molecule has 132 valence electrons. The number of carbonyl (C=O) groups excluding carboxylic acids is 1. The number of aromatic amines is 1. The number of nitrogens with zero attached hydrogens (tertiary/aromatic N) is 5. The standard InChI is InChI=1S/C17H23N7O/c1-12-6-21-14(22-12)9-23(2)15(25)17-10-18-7-13(17)8-24(11-17)16-19-4-3-5-20-16/h3-6,13,18H,7-11H2,1-2H3,(H,21,22)/t13-,17-/m1/s1. The van der Waals surface area contributed by atoms with Crippen molar-refractivity contribution in [3.63, 3.8) is 0 Å². The molecule has 2 fully saturated rings. The molecule has 2 aromatic rings. The zero-order valence-corrected chi connectivity index (χ0v) is 14.6. The van der Waals surface area contributed by atoms with Crippen molar-refractivity contribution < 1.29 is 4.79 Å². The molecule has 25 heavy (non-hydrogen) atoms. The van der Waals surface area contributed by atoms with Crippen molar-refractivity contribution in [1.82, 2.24) is 30.2 Å². The fraction of sp³-hybridized carbons (Fsp3) is 0.529. The van der Waals surface area contributed by atoms with Gasteiger partial charge in [-0.05, 0) is 13.0 Å². The lowest BCUT2D eigenvalue weighted by Crippen LogP contribution is -2.48. The fourth-order valence-corrected chi connectivity index (χ4v) is 4.05. The molecule has 2 saturated heterocycles. The van der Waals surface area contributed by atoms with Crippen LogP contribution in [0.15, 0.2) is 24.7 Å². The van der Waals surface area contributed by atoms with Gasteiger partial charge in [-0.2, -0.15) is 0 Å². The summed E-state index contributed by atoms with van der Waals surface area (Å²) in [4.78, 5) is 33.4. The molecule has 0 bridgehead atoms. The van der Waals surface area contributed by atoms with Crippen LogP contribution in [-0.4, -0.2) is 64.0 Å². The SMILES string of the molecule is Cc1cnc(CN(C)C(=O)[C@@]23CNC[C@@H]2CN(c2ncccn2)C3)[nH]1. The van der Waals surface area contributed by atoms with Gasteiger partial charge in [0.1, 0.15) is 5.82 Å². The van der Waals surface area contributed by atoms with Gasteiger partial charge in [0.15, 0.2) is 0 Å². The van der Waals surface area contributed by atoms with Crippen molar-refractivity contribution in [2.45, 2.75) is 13.5 Å². The molecule has 4 heterocycles. The first kappa shape index (κ1) is 16.0. The van der Waals surface area contributed by atoms with Crippen molar-refractivity contribution in [1.29, 1.82) is 0 Å². The molecule has 2 aliphatic heterocycles. The monoisotopic (exact) mass is 341 g/mol. The summed E-state index contributed by atoms with van der Waals surface area (Å²) in [6, 6.07) is 1.81. The van der Waals surface area contributed by atoms with Crippen LogP contribution in [0.2, 0.25) is 0 Å². The topological polar surface area (TPSA) is 90.0 Å². The summed E-state index contributed by atoms with van der Waals surface area (Å²) in [5.74, 6) is 1.95. The van der Waals surface area contributed by atoms with E-state index in [0.29, 0.717) is 25.6 Å². The number of carbonyl (C=O) groups is 1. The largest absolute Gasteiger partial charge is 0.345 e. The zero-order valence-electron chi connectivity index (χ0n) is 14.6. The zero-order chi connectivity index (χ0) is 17.4. The van der Waals surface area contributed by atoms with Crippen LogP contribution in [0.3, 0.4) is 0 Å². The molecule has 0 aliphatic carbocycles. The van der Waals surface area contributed by atoms with Gasteiger partial charge in [0.25, 0.3) is 0 Å². The van der Waals surface area contributed by atoms with Crippen LogP contribution < -0.4 is 10.2 Å². The molecule has 8 heteroatoms. The average molecular weight is 341 g/mol. The van der Waals surface area contributed by atoms with E-state index in [1.165, 1.54) is 0 Å². The lowest BCUT2D eigenvalue weighted by molar-refractivity contribution is -0.140. The Hall–Kier alpha value is -2.48. The van der Waals surface area contributed by atoms with Crippen LogP contribution >= 0.6 is 0 Å². The van der Waals surface area contributed by atoms with E-state index in [4.69, 9.17) is 0 Å². The van der Waals surface area contributed by atoms with Crippen LogP contribution in [0.1, 0.15) is 11.5 Å². The normalized spacial score (nSPS) is 25.2. The van der Waals surface area contributed by atoms with Gasteiger partial charge in [-0.15, -0.1) is 0 Å². The van der Waals surface area contributed by atoms with Gasteiger partial charge >= 0.3 is 0 Å². The molecular weight excluding hydrogens is 318 g/mol. The van der Waals surface area contributed by atoms with E-state index in [1.807, 2.05) is 20.0 Å². The Labute approximate surface area is 146 Å². The van der Waals surface area contributed by atoms with Gasteiger partial charge in [-0.1, -0.05) is 0 Å². The summed E-state index contributed by atoms with van der Waals surface area (Å²) in [7, 11) is 1.85. The second kappa shape index (κ2) is 6.11. The minimum Gasteiger partial charge on any atom is -0.345 e. The summed E-state index contributed by atoms with van der Waals surface area (Å²) < 4.78 is 0. The number of hydrogen-bond donors (Lipinski definition) is 2. The lowest BCUT2D eigenvalue weighted by atomic mass is 9.79. The molecular formula is C17H23N7O. The molecule has 2 atom stereocenters. The number of imidazole rings is 1. The number of aromatic nitrogens is 4. The highest BCUT2D eigenvalue weighted by Gasteiger charge is 2.56. The summed E-state index contributed by atoms with van der Waals surface area (Å²) in [6.45, 7) is 5.45. The van der Waals surface area contributed by atoms with Crippen LogP contribution in [-0.2, 0) is 11.3 Å². The molecule has 0 spiro atoms. The average Bonchev–Trinajstić information content (AvgIpc) is 3.29. The van der Waals surface area contributed by atoms with Crippen LogP contribution in [0.4, 0.5) is 5.95 Å². The van der Waals surface area contributed by atoms with Gasteiger partial charge in [-0.3, -0.25) is 4.79 Å². The molecule has 2 aromatic heterocycles. The maximum atomic E-state index is 13.3. The molecule has 0 saturated carbocycles. The Bertz CT molecular complexity index is 761. The number of hydrogen-bond acceptors (Lipinski definition) is 6. The molecule has 0 unspecified atom stereocenters. The minimum absolute atomic E-state index is 0.162. The number of rotatable bonds is 4. The molecule has 2 aliphatic rings. The maximum absolute atomic E-state index is 13.3. The number of fused-ring (bicyclic) bond motifs is 1. The second-order valence-corrected chi connectivity index (χ2v) is 7.09. The quantitative estimate of drug-likeness (QED) is 0.825. The molecule has 1 amide bonds. The summed E-state index contributed by atoms with van der Waals surface area (Å²) in [6.07, 6.45) is 5.28. The predicted molar refractivity (Wildman–Crippen MR) is 92.8 cm³/mol. The van der Waals surface area contributed by atoms with E-state index in [2.05, 4.69) is 30.2 Å². The van der Waals surface area contributed by atoms with Gasteiger partial charge in [0.2, 0.25) is 11.9 Å². The van der Waals surface area contributed by atoms with Crippen molar-refractivity contribution in [2.75, 3.05) is 38.1 Å². The third kappa shape index (κ3) is 2.76. The lowest BCUT2D eigenvalue weighted by Gasteiger charge is -2.31. The van der Waals surface area contributed by atoms with E-state index in [1.54, 1.807) is 23.5 Å². The Morgan fingerprint density at radius 1 is 1.40 bits per heavy atom. The molecule has 4 rings (SSSR count). The Kier molecular flexibility index (Phi) is 3.91. The van der Waals surface area contributed by atoms with Gasteiger partial charge < -0.3 is 20.1 Å². The highest BCUT2D eigenvalue weighted by atomic mass is 16.2. The third-order valence-electron chi connectivity index (χ3n) is 5.28. The highest BCUT2D eigenvalue weighted by molar-refractivity contribution is 5.85. The first-order valence-electron chi connectivity index (χ1n) is 8.57. The maximum Gasteiger partial charge on any atom is 0.232 e. The third-order valence-corrected chi connectivity index (χ3v) is 5.28. The van der Waals surface area contributed by atoms with E-state index in [9.17, 15) is 4.79 Å². The van der Waals surface area contributed by atoms with Crippen molar-refractivity contribution in [2.24, 2.45) is 11.3 Å². The second-order valence-electron chi connectivity index (χ2n) is 7.09. The summed E-state index contributed by atoms with van der Waals surface area (Å²) >= 11 is 0. The number of amides is 1. The van der Waals surface area contributed by atoms with Gasteiger partial charge in [0.05, 0.1) is 12.0 Å². The van der Waals surface area contributed by atoms with E-state index < -0.39 is 5.41 Å². The highest BCUT2D eigenvalue weighted by Crippen LogP contribution is 2.41. The smallest absolute Gasteiger partial charge is 0.232 e. The molecule has 0 aromatic carbocycles. The summed E-state index contributed by atoms with van der Waals surface area (Å²) in [5, 5.41) is 3.40. The number of aryl methyl sites for hydroxylation is 1. The predicted octanol–water partition coefficient (Wildman–Crippen LogP) is 0.193. The Morgan fingerprint density at radius 3 is 2.92 bits per heavy atom. The van der Waals surface area contributed by atoms with Gasteiger partial charge in [-0.25, -0.2) is 15.0 Å². The molecule has 2 N–H and O–H groups in total. The molecule has 8 nitrogen and oxygen atoms in total. The van der Waals surface area contributed by atoms with Crippen LogP contribution in [0, 0.1) is 18.3 Å². The van der Waals surface area contributed by atoms with E-state index in [0.717, 1.165) is 24.6 Å². The number of anilines is 1. The van der Waals surface area contributed by atoms with Crippen molar-refractivity contribution >= 4 is 11.9 Å². The number of nitrogens with one attached hydrogen (secondary N) is 2. The van der Waals surface area contributed by atoms with E-state index in [-0.39, 0.29) is 11.8 Å². The Morgan fingerprint density at radius 2 is 2.20 bits per heavy atom. The summed E-state index contributed by atoms with van der Waals surface area (Å²) in [5.41, 5.74) is 0.581. The first-order valence-corrected chi connectivity index (χ1v) is 8.57. The Balaban J connectivity index is 1.53. The fourth-order valence-electron chi connectivity index (χ4n) is 4.05. The minimum atomic E-state index is -0.421. The number of H-pyrrole nitrogens is 1. The van der Waals surface area contributed by atoms with Crippen LogP contribution in [0.5, 0.6) is 0 Å². The first-order chi connectivity index (χ1) is 12.1. The van der Waals surface area contributed by atoms with E-state index >= 15 is 0 Å². The van der Waals surface area contributed by atoms with Gasteiger partial charge in [0, 0.05) is 63.4 Å². The van der Waals surface area contributed by atoms with Crippen molar-refractivity contribution in [3.8, 4) is 0 Å². The van der Waals surface area contributed by atoms with Crippen LogP contribution in [0.25, 0.3) is 0 Å². The molecule has 0 radical (unpaired) electrons.